The van der Waals surface area contributed by atoms with Crippen molar-refractivity contribution in [1.82, 2.24) is 25.5 Å². The summed E-state index contributed by atoms with van der Waals surface area (Å²) in [6, 6.07) is 6.92. The van der Waals surface area contributed by atoms with Crippen molar-refractivity contribution in [2.24, 2.45) is 5.92 Å². The molecule has 0 amide bonds. The van der Waals surface area contributed by atoms with Crippen LogP contribution in [0, 0.1) is 11.7 Å². The van der Waals surface area contributed by atoms with E-state index in [1.165, 1.54) is 23.4 Å². The second-order valence-electron chi connectivity index (χ2n) is 6.55. The number of rotatable bonds is 5. The Hall–Kier alpha value is -1.80. The molecular formula is C17H22FN5O. The predicted octanol–water partition coefficient (Wildman–Crippen LogP) is 0.795. The molecule has 0 spiro atoms. The van der Waals surface area contributed by atoms with E-state index in [-0.39, 0.29) is 18.5 Å². The standard InChI is InChI=1S/C17H22FN5O/c18-15-3-1-12(2-4-15)17-14(7-19-21-17)10-22-9-13-8-20-23(5-6-24)16(13)11-22/h1-4,8,14,17,19,21,24H,5-7,9-11H2. The minimum absolute atomic E-state index is 0.108. The molecule has 2 aliphatic rings. The average molecular weight is 331 g/mol. The van der Waals surface area contributed by atoms with Crippen molar-refractivity contribution >= 4 is 0 Å². The van der Waals surface area contributed by atoms with Crippen LogP contribution in [0.1, 0.15) is 22.9 Å². The third-order valence-corrected chi connectivity index (χ3v) is 4.93. The first-order valence-electron chi connectivity index (χ1n) is 8.35. The zero-order valence-corrected chi connectivity index (χ0v) is 13.5. The fraction of sp³-hybridized carbons (Fsp3) is 0.471. The Morgan fingerprint density at radius 2 is 2.08 bits per heavy atom. The van der Waals surface area contributed by atoms with Gasteiger partial charge in [-0.25, -0.2) is 9.82 Å². The second-order valence-corrected chi connectivity index (χ2v) is 6.55. The zero-order chi connectivity index (χ0) is 16.5. The van der Waals surface area contributed by atoms with Crippen LogP contribution in [0.25, 0.3) is 0 Å². The highest BCUT2D eigenvalue weighted by Crippen LogP contribution is 2.29. The van der Waals surface area contributed by atoms with Crippen molar-refractivity contribution in [3.63, 3.8) is 0 Å². The van der Waals surface area contributed by atoms with Crippen LogP contribution >= 0.6 is 0 Å². The molecule has 6 nitrogen and oxygen atoms in total. The maximum Gasteiger partial charge on any atom is 0.123 e. The van der Waals surface area contributed by atoms with Gasteiger partial charge in [0.05, 0.1) is 31.1 Å². The van der Waals surface area contributed by atoms with Crippen molar-refractivity contribution in [1.29, 1.82) is 0 Å². The number of hydrogen-bond acceptors (Lipinski definition) is 5. The Bertz CT molecular complexity index is 702. The molecule has 7 heteroatoms. The fourth-order valence-corrected chi connectivity index (χ4v) is 3.75. The first kappa shape index (κ1) is 15.7. The molecule has 1 saturated heterocycles. The molecule has 3 heterocycles. The Labute approximate surface area is 140 Å². The van der Waals surface area contributed by atoms with E-state index >= 15 is 0 Å². The lowest BCUT2D eigenvalue weighted by Gasteiger charge is -2.24. The smallest absolute Gasteiger partial charge is 0.123 e. The third kappa shape index (κ3) is 2.95. The van der Waals surface area contributed by atoms with Crippen molar-refractivity contribution < 1.29 is 9.50 Å². The molecule has 3 N–H and O–H groups in total. The van der Waals surface area contributed by atoms with Crippen molar-refractivity contribution in [2.45, 2.75) is 25.7 Å². The minimum Gasteiger partial charge on any atom is -0.394 e. The molecule has 0 aliphatic carbocycles. The van der Waals surface area contributed by atoms with Crippen LogP contribution in [0.15, 0.2) is 30.5 Å². The number of fused-ring (bicyclic) bond motifs is 1. The number of hydrazine groups is 1. The van der Waals surface area contributed by atoms with Gasteiger partial charge in [0, 0.05) is 37.7 Å². The molecule has 1 aromatic carbocycles. The number of aliphatic hydroxyl groups is 1. The lowest BCUT2D eigenvalue weighted by Crippen LogP contribution is -2.30. The summed E-state index contributed by atoms with van der Waals surface area (Å²) < 4.78 is 15.0. The van der Waals surface area contributed by atoms with Crippen LogP contribution in [0.4, 0.5) is 4.39 Å². The Balaban J connectivity index is 1.43. The topological polar surface area (TPSA) is 65.3 Å². The highest BCUT2D eigenvalue weighted by molar-refractivity contribution is 5.24. The lowest BCUT2D eigenvalue weighted by molar-refractivity contribution is 0.221. The first-order valence-corrected chi connectivity index (χ1v) is 8.35. The number of aliphatic hydroxyl groups excluding tert-OH is 1. The van der Waals surface area contributed by atoms with Gasteiger partial charge in [0.25, 0.3) is 0 Å². The van der Waals surface area contributed by atoms with Gasteiger partial charge < -0.3 is 5.11 Å². The number of nitrogens with one attached hydrogen (secondary N) is 2. The summed E-state index contributed by atoms with van der Waals surface area (Å²) in [5.41, 5.74) is 10.1. The van der Waals surface area contributed by atoms with Crippen molar-refractivity contribution in [3.05, 3.63) is 53.1 Å². The van der Waals surface area contributed by atoms with Crippen LogP contribution in [-0.2, 0) is 19.6 Å². The summed E-state index contributed by atoms with van der Waals surface area (Å²) in [7, 11) is 0. The molecular weight excluding hydrogens is 309 g/mol. The van der Waals surface area contributed by atoms with E-state index in [2.05, 4.69) is 20.9 Å². The summed E-state index contributed by atoms with van der Waals surface area (Å²) in [5, 5.41) is 13.5. The normalized spacial score (nSPS) is 23.8. The van der Waals surface area contributed by atoms with E-state index in [0.717, 1.165) is 31.7 Å². The summed E-state index contributed by atoms with van der Waals surface area (Å²) in [4.78, 5) is 2.41. The summed E-state index contributed by atoms with van der Waals surface area (Å²) in [5.74, 6) is 0.211. The van der Waals surface area contributed by atoms with Gasteiger partial charge in [0.1, 0.15) is 5.82 Å². The van der Waals surface area contributed by atoms with E-state index in [0.29, 0.717) is 12.5 Å². The maximum atomic E-state index is 13.1. The van der Waals surface area contributed by atoms with Crippen LogP contribution in [0.3, 0.4) is 0 Å². The van der Waals surface area contributed by atoms with E-state index in [9.17, 15) is 4.39 Å². The van der Waals surface area contributed by atoms with Gasteiger partial charge in [-0.2, -0.15) is 5.10 Å². The van der Waals surface area contributed by atoms with Gasteiger partial charge >= 0.3 is 0 Å². The Morgan fingerprint density at radius 1 is 1.25 bits per heavy atom. The van der Waals surface area contributed by atoms with Crippen LogP contribution in [-0.4, -0.2) is 39.5 Å². The third-order valence-electron chi connectivity index (χ3n) is 4.93. The highest BCUT2D eigenvalue weighted by Gasteiger charge is 2.32. The average Bonchev–Trinajstić information content (AvgIpc) is 3.27. The van der Waals surface area contributed by atoms with Crippen LogP contribution < -0.4 is 10.9 Å². The highest BCUT2D eigenvalue weighted by atomic mass is 19.1. The lowest BCUT2D eigenvalue weighted by atomic mass is 9.94. The molecule has 2 unspecified atom stereocenters. The largest absolute Gasteiger partial charge is 0.394 e. The quantitative estimate of drug-likeness (QED) is 0.756. The first-order chi connectivity index (χ1) is 11.7. The number of benzene rings is 1. The van der Waals surface area contributed by atoms with Crippen molar-refractivity contribution in [3.8, 4) is 0 Å². The van der Waals surface area contributed by atoms with Crippen molar-refractivity contribution in [2.75, 3.05) is 19.7 Å². The number of aromatic nitrogens is 2. The summed E-state index contributed by atoms with van der Waals surface area (Å²) in [6.07, 6.45) is 1.91. The Kier molecular flexibility index (Phi) is 4.32. The van der Waals surface area contributed by atoms with Gasteiger partial charge in [-0.1, -0.05) is 12.1 Å². The van der Waals surface area contributed by atoms with E-state index in [1.54, 1.807) is 0 Å². The molecule has 1 aromatic heterocycles. The monoisotopic (exact) mass is 331 g/mol. The van der Waals surface area contributed by atoms with Gasteiger partial charge in [-0.3, -0.25) is 15.0 Å². The van der Waals surface area contributed by atoms with Crippen LogP contribution in [0.2, 0.25) is 0 Å². The Morgan fingerprint density at radius 3 is 2.88 bits per heavy atom. The van der Waals surface area contributed by atoms with E-state index in [4.69, 9.17) is 5.11 Å². The van der Waals surface area contributed by atoms with E-state index in [1.807, 2.05) is 23.0 Å². The summed E-state index contributed by atoms with van der Waals surface area (Å²) in [6.45, 7) is 4.26. The molecule has 2 atom stereocenters. The van der Waals surface area contributed by atoms with Gasteiger partial charge in [-0.15, -0.1) is 0 Å². The second kappa shape index (κ2) is 6.60. The number of halogens is 1. The molecule has 0 radical (unpaired) electrons. The zero-order valence-electron chi connectivity index (χ0n) is 13.5. The van der Waals surface area contributed by atoms with Gasteiger partial charge in [-0.05, 0) is 17.7 Å². The molecule has 4 rings (SSSR count). The molecule has 0 saturated carbocycles. The SMILES string of the molecule is OCCn1ncc2c1CN(CC1CNNC1c1ccc(F)cc1)C2. The van der Waals surface area contributed by atoms with Gasteiger partial charge in [0.15, 0.2) is 0 Å². The number of hydrogen-bond donors (Lipinski definition) is 3. The van der Waals surface area contributed by atoms with Crippen LogP contribution in [0.5, 0.6) is 0 Å². The molecule has 2 aromatic rings. The molecule has 0 bridgehead atoms. The molecule has 2 aliphatic heterocycles. The molecule has 1 fully saturated rings. The maximum absolute atomic E-state index is 13.1. The molecule has 24 heavy (non-hydrogen) atoms. The van der Waals surface area contributed by atoms with E-state index < -0.39 is 0 Å². The van der Waals surface area contributed by atoms with Gasteiger partial charge in [0.2, 0.25) is 0 Å². The molecule has 128 valence electrons. The summed E-state index contributed by atoms with van der Waals surface area (Å²) >= 11 is 0. The minimum atomic E-state index is -0.204. The predicted molar refractivity (Wildman–Crippen MR) is 87.2 cm³/mol. The number of nitrogens with zero attached hydrogens (tertiary/aromatic N) is 3. The fourth-order valence-electron chi connectivity index (χ4n) is 3.75.